The van der Waals surface area contributed by atoms with Gasteiger partial charge in [-0.25, -0.2) is 4.79 Å². The van der Waals surface area contributed by atoms with E-state index >= 15 is 0 Å². The Balaban J connectivity index is 1.62. The van der Waals surface area contributed by atoms with Gasteiger partial charge in [-0.05, 0) is 41.8 Å². The van der Waals surface area contributed by atoms with Crippen LogP contribution in [0.5, 0.6) is 0 Å². The van der Waals surface area contributed by atoms with Crippen molar-refractivity contribution in [3.05, 3.63) is 57.8 Å². The van der Waals surface area contributed by atoms with Crippen molar-refractivity contribution in [2.75, 3.05) is 13.1 Å². The van der Waals surface area contributed by atoms with Crippen LogP contribution in [0.1, 0.15) is 42.7 Å². The first kappa shape index (κ1) is 20.1. The van der Waals surface area contributed by atoms with Gasteiger partial charge in [-0.15, -0.1) is 11.3 Å². The first-order chi connectivity index (χ1) is 13.3. The Morgan fingerprint density at radius 3 is 2.54 bits per heavy atom. The fourth-order valence-electron chi connectivity index (χ4n) is 3.22. The van der Waals surface area contributed by atoms with Crippen LogP contribution in [0.4, 0.5) is 4.79 Å². The first-order valence-electron chi connectivity index (χ1n) is 9.35. The minimum atomic E-state index is -1.16. The molecule has 1 aromatic carbocycles. The summed E-state index contributed by atoms with van der Waals surface area (Å²) in [5.41, 5.74) is 0.700. The highest BCUT2D eigenvalue weighted by Gasteiger charge is 2.49. The van der Waals surface area contributed by atoms with E-state index in [1.807, 2.05) is 41.8 Å². The van der Waals surface area contributed by atoms with Crippen molar-refractivity contribution in [3.8, 4) is 0 Å². The molecule has 2 heterocycles. The van der Waals surface area contributed by atoms with Crippen molar-refractivity contribution in [3.63, 3.8) is 0 Å². The van der Waals surface area contributed by atoms with E-state index in [0.717, 1.165) is 16.9 Å². The van der Waals surface area contributed by atoms with Crippen LogP contribution in [0.3, 0.4) is 0 Å². The van der Waals surface area contributed by atoms with Crippen molar-refractivity contribution >= 4 is 29.2 Å². The molecule has 6 nitrogen and oxygen atoms in total. The van der Waals surface area contributed by atoms with Crippen LogP contribution in [-0.4, -0.2) is 35.8 Å². The summed E-state index contributed by atoms with van der Waals surface area (Å²) in [6, 6.07) is 11.1. The van der Waals surface area contributed by atoms with E-state index < -0.39 is 17.5 Å². The molecule has 0 aliphatic carbocycles. The SMILES string of the molecule is CC(C)c1ccc(C2(C)NC(=O)N(CC(=O)NCCc3cccs3)C2=O)cc1. The van der Waals surface area contributed by atoms with E-state index in [4.69, 9.17) is 0 Å². The third-order valence-electron chi connectivity index (χ3n) is 5.01. The average molecular weight is 400 g/mol. The second-order valence-corrected chi connectivity index (χ2v) is 8.43. The monoisotopic (exact) mass is 399 g/mol. The number of nitrogens with one attached hydrogen (secondary N) is 2. The molecule has 1 atom stereocenters. The van der Waals surface area contributed by atoms with Gasteiger partial charge in [-0.1, -0.05) is 44.2 Å². The smallest absolute Gasteiger partial charge is 0.325 e. The maximum atomic E-state index is 12.9. The quantitative estimate of drug-likeness (QED) is 0.703. The summed E-state index contributed by atoms with van der Waals surface area (Å²) in [5, 5.41) is 7.49. The Bertz CT molecular complexity index is 862. The van der Waals surface area contributed by atoms with Crippen LogP contribution in [0.15, 0.2) is 41.8 Å². The lowest BCUT2D eigenvalue weighted by molar-refractivity contribution is -0.134. The lowest BCUT2D eigenvalue weighted by Gasteiger charge is -2.22. The van der Waals surface area contributed by atoms with Crippen molar-refractivity contribution in [2.45, 2.75) is 38.6 Å². The van der Waals surface area contributed by atoms with Gasteiger partial charge in [0.2, 0.25) is 5.91 Å². The fourth-order valence-corrected chi connectivity index (χ4v) is 3.93. The second-order valence-electron chi connectivity index (χ2n) is 7.40. The number of carbonyl (C=O) groups is 3. The van der Waals surface area contributed by atoms with Crippen molar-refractivity contribution in [1.82, 2.24) is 15.5 Å². The highest BCUT2D eigenvalue weighted by molar-refractivity contribution is 7.09. The molecule has 0 saturated carbocycles. The Kier molecular flexibility index (Phi) is 5.84. The van der Waals surface area contributed by atoms with Gasteiger partial charge in [0, 0.05) is 11.4 Å². The van der Waals surface area contributed by atoms with Gasteiger partial charge in [0.1, 0.15) is 12.1 Å². The number of imide groups is 1. The number of hydrogen-bond donors (Lipinski definition) is 2. The number of urea groups is 1. The molecular weight excluding hydrogens is 374 g/mol. The molecule has 2 N–H and O–H groups in total. The van der Waals surface area contributed by atoms with E-state index in [1.165, 1.54) is 4.88 Å². The molecule has 0 bridgehead atoms. The zero-order chi connectivity index (χ0) is 20.3. The number of hydrogen-bond acceptors (Lipinski definition) is 4. The van der Waals surface area contributed by atoms with Crippen molar-refractivity contribution < 1.29 is 14.4 Å². The Hall–Kier alpha value is -2.67. The van der Waals surface area contributed by atoms with Gasteiger partial charge in [-0.2, -0.15) is 0 Å². The standard InChI is InChI=1S/C21H25N3O3S/c1-14(2)15-6-8-16(9-7-15)21(3)19(26)24(20(27)23-21)13-18(25)22-11-10-17-5-4-12-28-17/h4-9,12,14H,10-11,13H2,1-3H3,(H,22,25)(H,23,27). The third-order valence-corrected chi connectivity index (χ3v) is 5.94. The summed E-state index contributed by atoms with van der Waals surface area (Å²) in [7, 11) is 0. The molecule has 1 aromatic heterocycles. The summed E-state index contributed by atoms with van der Waals surface area (Å²) in [6.07, 6.45) is 0.726. The predicted octanol–water partition coefficient (Wildman–Crippen LogP) is 3.00. The molecule has 1 aliphatic rings. The Labute approximate surface area is 168 Å². The minimum Gasteiger partial charge on any atom is -0.354 e. The highest BCUT2D eigenvalue weighted by atomic mass is 32.1. The van der Waals surface area contributed by atoms with Crippen LogP contribution in [0.2, 0.25) is 0 Å². The van der Waals surface area contributed by atoms with Gasteiger partial charge in [0.05, 0.1) is 0 Å². The molecule has 28 heavy (non-hydrogen) atoms. The van der Waals surface area contributed by atoms with Crippen molar-refractivity contribution in [2.24, 2.45) is 0 Å². The maximum absolute atomic E-state index is 12.9. The van der Waals surface area contributed by atoms with Gasteiger partial charge in [0.25, 0.3) is 5.91 Å². The average Bonchev–Trinajstić information content (AvgIpc) is 3.25. The Morgan fingerprint density at radius 2 is 1.93 bits per heavy atom. The number of thiophene rings is 1. The van der Waals surface area contributed by atoms with Crippen LogP contribution in [0, 0.1) is 0 Å². The molecule has 1 aliphatic heterocycles. The lowest BCUT2D eigenvalue weighted by Crippen LogP contribution is -2.43. The summed E-state index contributed by atoms with van der Waals surface area (Å²) in [5.74, 6) is -0.382. The molecule has 148 valence electrons. The number of benzene rings is 1. The van der Waals surface area contributed by atoms with Crippen LogP contribution in [0.25, 0.3) is 0 Å². The van der Waals surface area contributed by atoms with Crippen molar-refractivity contribution in [1.29, 1.82) is 0 Å². The van der Waals surface area contributed by atoms with Crippen LogP contribution < -0.4 is 10.6 Å². The van der Waals surface area contributed by atoms with Gasteiger partial charge in [0.15, 0.2) is 0 Å². The summed E-state index contributed by atoms with van der Waals surface area (Å²) < 4.78 is 0. The molecule has 0 spiro atoms. The molecule has 3 rings (SSSR count). The molecule has 1 fully saturated rings. The predicted molar refractivity (Wildman–Crippen MR) is 109 cm³/mol. The summed E-state index contributed by atoms with van der Waals surface area (Å²) >= 11 is 1.63. The van der Waals surface area contributed by atoms with E-state index in [9.17, 15) is 14.4 Å². The molecule has 1 unspecified atom stereocenters. The van der Waals surface area contributed by atoms with Crippen LogP contribution in [-0.2, 0) is 21.5 Å². The molecule has 7 heteroatoms. The number of nitrogens with zero attached hydrogens (tertiary/aromatic N) is 1. The summed E-state index contributed by atoms with van der Waals surface area (Å²) in [6.45, 7) is 6.05. The van der Waals surface area contributed by atoms with E-state index in [1.54, 1.807) is 18.3 Å². The fraction of sp³-hybridized carbons (Fsp3) is 0.381. The number of rotatable bonds is 7. The molecule has 2 aromatic rings. The minimum absolute atomic E-state index is 0.283. The van der Waals surface area contributed by atoms with Crippen LogP contribution >= 0.6 is 11.3 Å². The first-order valence-corrected chi connectivity index (χ1v) is 10.2. The maximum Gasteiger partial charge on any atom is 0.325 e. The zero-order valence-corrected chi connectivity index (χ0v) is 17.1. The molecule has 1 saturated heterocycles. The van der Waals surface area contributed by atoms with E-state index in [2.05, 4.69) is 24.5 Å². The zero-order valence-electron chi connectivity index (χ0n) is 16.3. The van der Waals surface area contributed by atoms with Gasteiger partial charge in [-0.3, -0.25) is 14.5 Å². The summed E-state index contributed by atoms with van der Waals surface area (Å²) in [4.78, 5) is 39.6. The number of carbonyl (C=O) groups excluding carboxylic acids is 3. The highest BCUT2D eigenvalue weighted by Crippen LogP contribution is 2.29. The molecule has 0 radical (unpaired) electrons. The Morgan fingerprint density at radius 1 is 1.21 bits per heavy atom. The normalized spacial score (nSPS) is 19.2. The van der Waals surface area contributed by atoms with Gasteiger partial charge >= 0.3 is 6.03 Å². The second kappa shape index (κ2) is 8.14. The number of amides is 4. The molecule has 4 amide bonds. The van der Waals surface area contributed by atoms with E-state index in [-0.39, 0.29) is 12.5 Å². The topological polar surface area (TPSA) is 78.5 Å². The largest absolute Gasteiger partial charge is 0.354 e. The van der Waals surface area contributed by atoms with Gasteiger partial charge < -0.3 is 10.6 Å². The lowest BCUT2D eigenvalue weighted by atomic mass is 9.90. The van der Waals surface area contributed by atoms with E-state index in [0.29, 0.717) is 18.0 Å². The third kappa shape index (κ3) is 4.09. The molecular formula is C21H25N3O3S.